The minimum absolute atomic E-state index is 0.149. The average molecular weight is 374 g/mol. The molecule has 7 heteroatoms. The van der Waals surface area contributed by atoms with E-state index in [9.17, 15) is 14.0 Å². The van der Waals surface area contributed by atoms with E-state index >= 15 is 0 Å². The summed E-state index contributed by atoms with van der Waals surface area (Å²) in [5.41, 5.74) is 1.24. The summed E-state index contributed by atoms with van der Waals surface area (Å²) in [5, 5.41) is 7.18. The molecule has 1 N–H and O–H groups in total. The number of amides is 1. The molecule has 0 unspecified atom stereocenters. The van der Waals surface area contributed by atoms with Crippen LogP contribution < -0.4 is 10.7 Å². The quantitative estimate of drug-likeness (QED) is 0.595. The Morgan fingerprint density at radius 2 is 1.71 bits per heavy atom. The van der Waals surface area contributed by atoms with Crippen molar-refractivity contribution in [1.29, 1.82) is 0 Å². The molecule has 138 valence electrons. The van der Waals surface area contributed by atoms with E-state index in [0.29, 0.717) is 11.5 Å². The lowest BCUT2D eigenvalue weighted by Gasteiger charge is -2.07. The number of carbonyl (C=O) groups excluding carboxylic acids is 1. The molecule has 0 aliphatic carbocycles. The molecule has 0 radical (unpaired) electrons. The summed E-state index contributed by atoms with van der Waals surface area (Å²) < 4.78 is 16.6. The Morgan fingerprint density at radius 1 is 0.964 bits per heavy atom. The van der Waals surface area contributed by atoms with Gasteiger partial charge in [0.1, 0.15) is 11.4 Å². The van der Waals surface area contributed by atoms with Crippen molar-refractivity contribution in [3.8, 4) is 11.5 Å². The van der Waals surface area contributed by atoms with Gasteiger partial charge in [0.15, 0.2) is 11.2 Å². The molecule has 0 aliphatic heterocycles. The minimum atomic E-state index is -0.446. The van der Waals surface area contributed by atoms with E-state index < -0.39 is 11.7 Å². The van der Waals surface area contributed by atoms with Crippen LogP contribution in [0.2, 0.25) is 0 Å². The molecule has 2 aromatic carbocycles. The number of anilines is 1. The van der Waals surface area contributed by atoms with Gasteiger partial charge in [-0.25, -0.2) is 9.07 Å². The third-order valence-corrected chi connectivity index (χ3v) is 4.09. The van der Waals surface area contributed by atoms with Crippen molar-refractivity contribution in [2.24, 2.45) is 0 Å². The number of benzene rings is 2. The van der Waals surface area contributed by atoms with Gasteiger partial charge < -0.3 is 9.88 Å². The number of hydrogen-bond acceptors (Lipinski definition) is 3. The standard InChI is InChI=1S/C21H15FN4O2/c22-15-5-4-6-16(13-15)23-21(28)19-14-26(17-7-2-1-3-8-17)24-20(19)25-11-9-18(27)10-12-25/h1-14H,(H,23,28). The number of nitrogens with one attached hydrogen (secondary N) is 1. The van der Waals surface area contributed by atoms with E-state index in [1.807, 2.05) is 30.3 Å². The van der Waals surface area contributed by atoms with Crippen LogP contribution in [0.25, 0.3) is 11.5 Å². The third-order valence-electron chi connectivity index (χ3n) is 4.09. The molecule has 2 aromatic heterocycles. The topological polar surface area (TPSA) is 68.9 Å². The van der Waals surface area contributed by atoms with Gasteiger partial charge in [-0.2, -0.15) is 0 Å². The number of halogens is 1. The molecule has 4 aromatic rings. The largest absolute Gasteiger partial charge is 0.322 e. The third kappa shape index (κ3) is 3.59. The minimum Gasteiger partial charge on any atom is -0.322 e. The van der Waals surface area contributed by atoms with Crippen molar-refractivity contribution in [3.63, 3.8) is 0 Å². The number of para-hydroxylation sites is 1. The Morgan fingerprint density at radius 3 is 2.43 bits per heavy atom. The Labute approximate surface area is 159 Å². The van der Waals surface area contributed by atoms with Crippen molar-refractivity contribution < 1.29 is 9.18 Å². The predicted octanol–water partition coefficient (Wildman–Crippen LogP) is 3.41. The number of aromatic nitrogens is 3. The van der Waals surface area contributed by atoms with Crippen LogP contribution in [0.3, 0.4) is 0 Å². The second-order valence-electron chi connectivity index (χ2n) is 6.05. The zero-order chi connectivity index (χ0) is 19.5. The molecule has 0 saturated heterocycles. The molecular formula is C21H15FN4O2. The summed E-state index contributed by atoms with van der Waals surface area (Å²) in [5.74, 6) is -0.544. The SMILES string of the molecule is O=C(Nc1cccc(F)c1)c1cn(-c2ccccc2)nc1-n1ccc(=O)cc1. The molecule has 28 heavy (non-hydrogen) atoms. The Balaban J connectivity index is 1.77. The van der Waals surface area contributed by atoms with Gasteiger partial charge in [-0.05, 0) is 30.3 Å². The van der Waals surface area contributed by atoms with E-state index in [0.717, 1.165) is 5.69 Å². The fraction of sp³-hybridized carbons (Fsp3) is 0. The molecule has 0 aliphatic rings. The molecule has 6 nitrogen and oxygen atoms in total. The smallest absolute Gasteiger partial charge is 0.261 e. The molecule has 0 saturated carbocycles. The Bertz CT molecular complexity index is 1180. The summed E-state index contributed by atoms with van der Waals surface area (Å²) in [6, 6.07) is 17.7. The molecule has 1 amide bonds. The van der Waals surface area contributed by atoms with Crippen LogP contribution in [-0.4, -0.2) is 20.3 Å². The van der Waals surface area contributed by atoms with E-state index in [1.165, 1.54) is 30.3 Å². The maximum atomic E-state index is 13.4. The summed E-state index contributed by atoms with van der Waals surface area (Å²) in [6.45, 7) is 0. The van der Waals surface area contributed by atoms with Gasteiger partial charge in [-0.1, -0.05) is 24.3 Å². The lowest BCUT2D eigenvalue weighted by atomic mass is 10.2. The van der Waals surface area contributed by atoms with Crippen molar-refractivity contribution >= 4 is 11.6 Å². The van der Waals surface area contributed by atoms with E-state index in [1.54, 1.807) is 33.9 Å². The first-order valence-electron chi connectivity index (χ1n) is 8.51. The second kappa shape index (κ2) is 7.32. The predicted molar refractivity (Wildman–Crippen MR) is 104 cm³/mol. The van der Waals surface area contributed by atoms with Crippen molar-refractivity contribution in [1.82, 2.24) is 14.3 Å². The molecular weight excluding hydrogens is 359 g/mol. The van der Waals surface area contributed by atoms with Gasteiger partial charge in [-0.15, -0.1) is 5.10 Å². The maximum Gasteiger partial charge on any atom is 0.261 e. The first-order chi connectivity index (χ1) is 13.6. The highest BCUT2D eigenvalue weighted by atomic mass is 19.1. The lowest BCUT2D eigenvalue weighted by Crippen LogP contribution is -2.14. The summed E-state index contributed by atoms with van der Waals surface area (Å²) in [4.78, 5) is 24.3. The van der Waals surface area contributed by atoms with Crippen LogP contribution in [0.4, 0.5) is 10.1 Å². The van der Waals surface area contributed by atoms with E-state index in [4.69, 9.17) is 0 Å². The zero-order valence-electron chi connectivity index (χ0n) is 14.6. The van der Waals surface area contributed by atoms with Crippen molar-refractivity contribution in [3.05, 3.63) is 107 Å². The lowest BCUT2D eigenvalue weighted by molar-refractivity contribution is 0.102. The zero-order valence-corrected chi connectivity index (χ0v) is 14.6. The summed E-state index contributed by atoms with van der Waals surface area (Å²) >= 11 is 0. The molecule has 0 atom stereocenters. The van der Waals surface area contributed by atoms with Gasteiger partial charge in [0.2, 0.25) is 0 Å². The number of hydrogen-bond donors (Lipinski definition) is 1. The van der Waals surface area contributed by atoms with Crippen LogP contribution in [-0.2, 0) is 0 Å². The van der Waals surface area contributed by atoms with Crippen LogP contribution in [0.5, 0.6) is 0 Å². The molecule has 0 spiro atoms. The van der Waals surface area contributed by atoms with Crippen molar-refractivity contribution in [2.45, 2.75) is 0 Å². The molecule has 2 heterocycles. The van der Waals surface area contributed by atoms with E-state index in [2.05, 4.69) is 10.4 Å². The Hall–Kier alpha value is -4.00. The highest BCUT2D eigenvalue weighted by Gasteiger charge is 2.18. The number of pyridine rings is 1. The van der Waals surface area contributed by atoms with Gasteiger partial charge >= 0.3 is 0 Å². The normalized spacial score (nSPS) is 10.6. The van der Waals surface area contributed by atoms with E-state index in [-0.39, 0.29) is 11.0 Å². The van der Waals surface area contributed by atoms with Gasteiger partial charge in [0.05, 0.1) is 5.69 Å². The second-order valence-corrected chi connectivity index (χ2v) is 6.05. The number of nitrogens with zero attached hydrogens (tertiary/aromatic N) is 3. The fourth-order valence-electron chi connectivity index (χ4n) is 2.75. The van der Waals surface area contributed by atoms with Crippen LogP contribution in [0.15, 0.2) is 90.1 Å². The maximum absolute atomic E-state index is 13.4. The van der Waals surface area contributed by atoms with Gasteiger partial charge in [0, 0.05) is 36.4 Å². The first kappa shape index (κ1) is 17.4. The monoisotopic (exact) mass is 374 g/mol. The van der Waals surface area contributed by atoms with Gasteiger partial charge in [-0.3, -0.25) is 9.59 Å². The molecule has 0 bridgehead atoms. The average Bonchev–Trinajstić information content (AvgIpc) is 3.15. The van der Waals surface area contributed by atoms with Crippen LogP contribution in [0.1, 0.15) is 10.4 Å². The highest BCUT2D eigenvalue weighted by molar-refractivity contribution is 6.06. The first-order valence-corrected chi connectivity index (χ1v) is 8.51. The molecule has 0 fully saturated rings. The fourth-order valence-corrected chi connectivity index (χ4v) is 2.75. The molecule has 4 rings (SSSR count). The van der Waals surface area contributed by atoms with Crippen LogP contribution in [0, 0.1) is 5.82 Å². The van der Waals surface area contributed by atoms with Gasteiger partial charge in [0.25, 0.3) is 5.91 Å². The number of rotatable bonds is 4. The summed E-state index contributed by atoms with van der Waals surface area (Å²) in [7, 11) is 0. The Kier molecular flexibility index (Phi) is 4.55. The van der Waals surface area contributed by atoms with Crippen LogP contribution >= 0.6 is 0 Å². The van der Waals surface area contributed by atoms with Crippen molar-refractivity contribution in [2.75, 3.05) is 5.32 Å². The summed E-state index contributed by atoms with van der Waals surface area (Å²) in [6.07, 6.45) is 4.68. The number of carbonyl (C=O) groups is 1. The highest BCUT2D eigenvalue weighted by Crippen LogP contribution is 2.18.